The average molecular weight is 272 g/mol. The molecule has 0 aromatic carbocycles. The van der Waals surface area contributed by atoms with Crippen molar-refractivity contribution in [2.45, 2.75) is 71.1 Å². The van der Waals surface area contributed by atoms with Crippen molar-refractivity contribution in [1.29, 1.82) is 0 Å². The predicted octanol–water partition coefficient (Wildman–Crippen LogP) is 6.14. The molecule has 112 valence electrons. The Balaban J connectivity index is 1.56. The highest BCUT2D eigenvalue weighted by molar-refractivity contribution is 5.18. The molecule has 0 bridgehead atoms. The molecule has 4 atom stereocenters. The van der Waals surface area contributed by atoms with E-state index >= 15 is 0 Å². The molecule has 2 fully saturated rings. The molecule has 0 spiro atoms. The maximum atomic E-state index is 2.54. The minimum absolute atomic E-state index is 0.875. The van der Waals surface area contributed by atoms with Gasteiger partial charge in [0.1, 0.15) is 0 Å². The van der Waals surface area contributed by atoms with Gasteiger partial charge in [-0.2, -0.15) is 0 Å². The summed E-state index contributed by atoms with van der Waals surface area (Å²) in [5.41, 5.74) is 0. The number of unbranched alkanes of at least 4 members (excludes halogenated alkanes) is 1. The van der Waals surface area contributed by atoms with Crippen LogP contribution in [0, 0.1) is 29.6 Å². The topological polar surface area (TPSA) is 0 Å². The van der Waals surface area contributed by atoms with Gasteiger partial charge in [0.05, 0.1) is 0 Å². The van der Waals surface area contributed by atoms with E-state index < -0.39 is 0 Å². The first-order valence-electron chi connectivity index (χ1n) is 9.23. The lowest BCUT2D eigenvalue weighted by Crippen LogP contribution is -2.16. The van der Waals surface area contributed by atoms with Crippen LogP contribution in [0.3, 0.4) is 0 Å². The van der Waals surface area contributed by atoms with Gasteiger partial charge in [-0.3, -0.25) is 0 Å². The fourth-order valence-corrected chi connectivity index (χ4v) is 5.12. The number of rotatable bonds is 6. The molecule has 0 aromatic heterocycles. The Labute approximate surface area is 125 Å². The third-order valence-electron chi connectivity index (χ3n) is 6.27. The molecule has 4 unspecified atom stereocenters. The van der Waals surface area contributed by atoms with Crippen molar-refractivity contribution in [3.8, 4) is 0 Å². The van der Waals surface area contributed by atoms with Gasteiger partial charge in [-0.15, -0.1) is 0 Å². The highest BCUT2D eigenvalue weighted by atomic mass is 14.4. The van der Waals surface area contributed by atoms with Crippen LogP contribution in [0.15, 0.2) is 24.3 Å². The van der Waals surface area contributed by atoms with Crippen molar-refractivity contribution in [3.63, 3.8) is 0 Å². The monoisotopic (exact) mass is 272 g/mol. The van der Waals surface area contributed by atoms with Crippen LogP contribution >= 0.6 is 0 Å². The van der Waals surface area contributed by atoms with E-state index in [4.69, 9.17) is 0 Å². The van der Waals surface area contributed by atoms with E-state index in [-0.39, 0.29) is 0 Å². The minimum Gasteiger partial charge on any atom is -0.0806 e. The van der Waals surface area contributed by atoms with E-state index in [1.165, 1.54) is 64.2 Å². The molecule has 3 rings (SSSR count). The summed E-state index contributed by atoms with van der Waals surface area (Å²) in [6, 6.07) is 0. The zero-order chi connectivity index (χ0) is 13.8. The summed E-state index contributed by atoms with van der Waals surface area (Å²) in [6.45, 7) is 2.33. The largest absolute Gasteiger partial charge is 0.0806 e. The van der Waals surface area contributed by atoms with Crippen LogP contribution in [0.1, 0.15) is 71.1 Å². The van der Waals surface area contributed by atoms with Crippen molar-refractivity contribution in [1.82, 2.24) is 0 Å². The lowest BCUT2D eigenvalue weighted by Gasteiger charge is -2.24. The number of allylic oxidation sites excluding steroid dienone is 4. The van der Waals surface area contributed by atoms with Gasteiger partial charge < -0.3 is 0 Å². The maximum Gasteiger partial charge on any atom is -0.0136 e. The molecule has 3 aliphatic rings. The van der Waals surface area contributed by atoms with E-state index in [1.807, 2.05) is 0 Å². The molecular formula is C20H32. The molecule has 0 amide bonds. The smallest absolute Gasteiger partial charge is 0.0136 e. The Hall–Kier alpha value is -0.520. The second-order valence-corrected chi connectivity index (χ2v) is 7.55. The molecular weight excluding hydrogens is 240 g/mol. The Morgan fingerprint density at radius 2 is 1.50 bits per heavy atom. The molecule has 0 saturated heterocycles. The molecule has 20 heavy (non-hydrogen) atoms. The maximum absolute atomic E-state index is 2.54. The van der Waals surface area contributed by atoms with E-state index in [0.717, 1.165) is 29.6 Å². The normalized spacial score (nSPS) is 36.6. The third kappa shape index (κ3) is 3.21. The first-order valence-corrected chi connectivity index (χ1v) is 9.23. The standard InChI is InChI=1S/C20H32/c1-2-3-10-17-15-18(14-13-16-8-4-5-9-16)20-12-7-6-11-19(17)20/h6-7,11-12,16-20H,2-5,8-10,13-15H2,1H3. The quantitative estimate of drug-likeness (QED) is 0.544. The molecule has 0 aromatic rings. The van der Waals surface area contributed by atoms with Crippen molar-refractivity contribution in [3.05, 3.63) is 24.3 Å². The number of hydrogen-bond acceptors (Lipinski definition) is 0. The summed E-state index contributed by atoms with van der Waals surface area (Å²) >= 11 is 0. The van der Waals surface area contributed by atoms with Gasteiger partial charge in [-0.1, -0.05) is 76.2 Å². The van der Waals surface area contributed by atoms with Crippen LogP contribution in [0.5, 0.6) is 0 Å². The van der Waals surface area contributed by atoms with Crippen molar-refractivity contribution in [2.75, 3.05) is 0 Å². The van der Waals surface area contributed by atoms with Gasteiger partial charge in [-0.05, 0) is 48.9 Å². The Bertz CT molecular complexity index is 345. The second kappa shape index (κ2) is 6.96. The molecule has 0 radical (unpaired) electrons. The first-order chi connectivity index (χ1) is 9.88. The first kappa shape index (κ1) is 14.4. The van der Waals surface area contributed by atoms with E-state index in [0.29, 0.717) is 0 Å². The summed E-state index contributed by atoms with van der Waals surface area (Å²) in [7, 11) is 0. The molecule has 0 N–H and O–H groups in total. The van der Waals surface area contributed by atoms with Gasteiger partial charge >= 0.3 is 0 Å². The Kier molecular flexibility index (Phi) is 5.02. The van der Waals surface area contributed by atoms with Crippen molar-refractivity contribution < 1.29 is 0 Å². The highest BCUT2D eigenvalue weighted by Crippen LogP contribution is 2.49. The number of hydrogen-bond donors (Lipinski definition) is 0. The van der Waals surface area contributed by atoms with Gasteiger partial charge in [0, 0.05) is 0 Å². The predicted molar refractivity (Wildman–Crippen MR) is 87.6 cm³/mol. The molecule has 0 nitrogen and oxygen atoms in total. The summed E-state index contributed by atoms with van der Waals surface area (Å²) in [6.07, 6.45) is 24.5. The van der Waals surface area contributed by atoms with Crippen LogP contribution in [0.2, 0.25) is 0 Å². The average Bonchev–Trinajstić information content (AvgIpc) is 3.11. The number of fused-ring (bicyclic) bond motifs is 1. The summed E-state index contributed by atoms with van der Waals surface area (Å²) in [4.78, 5) is 0. The summed E-state index contributed by atoms with van der Waals surface area (Å²) in [5, 5.41) is 0. The highest BCUT2D eigenvalue weighted by Gasteiger charge is 2.40. The van der Waals surface area contributed by atoms with Crippen LogP contribution in [-0.4, -0.2) is 0 Å². The van der Waals surface area contributed by atoms with Gasteiger partial charge in [0.15, 0.2) is 0 Å². The third-order valence-corrected chi connectivity index (χ3v) is 6.27. The van der Waals surface area contributed by atoms with Crippen molar-refractivity contribution >= 4 is 0 Å². The fraction of sp³-hybridized carbons (Fsp3) is 0.800. The fourth-order valence-electron chi connectivity index (χ4n) is 5.12. The summed E-state index contributed by atoms with van der Waals surface area (Å²) in [5.74, 6) is 4.80. The molecule has 2 saturated carbocycles. The lowest BCUT2D eigenvalue weighted by atomic mass is 9.81. The zero-order valence-corrected chi connectivity index (χ0v) is 13.3. The lowest BCUT2D eigenvalue weighted by molar-refractivity contribution is 0.346. The van der Waals surface area contributed by atoms with E-state index in [9.17, 15) is 0 Å². The molecule has 0 aliphatic heterocycles. The Morgan fingerprint density at radius 1 is 0.850 bits per heavy atom. The van der Waals surface area contributed by atoms with Crippen LogP contribution in [-0.2, 0) is 0 Å². The van der Waals surface area contributed by atoms with Gasteiger partial charge in [0.2, 0.25) is 0 Å². The summed E-state index contributed by atoms with van der Waals surface area (Å²) < 4.78 is 0. The molecule has 0 heterocycles. The van der Waals surface area contributed by atoms with Gasteiger partial charge in [-0.25, -0.2) is 0 Å². The molecule has 3 aliphatic carbocycles. The van der Waals surface area contributed by atoms with E-state index in [1.54, 1.807) is 0 Å². The van der Waals surface area contributed by atoms with Crippen molar-refractivity contribution in [2.24, 2.45) is 29.6 Å². The SMILES string of the molecule is CCCCC1CC(CCC2CCCC2)C2C=CC=CC12. The second-order valence-electron chi connectivity index (χ2n) is 7.55. The van der Waals surface area contributed by atoms with Crippen LogP contribution < -0.4 is 0 Å². The van der Waals surface area contributed by atoms with Crippen LogP contribution in [0.4, 0.5) is 0 Å². The minimum atomic E-state index is 0.875. The zero-order valence-electron chi connectivity index (χ0n) is 13.3. The van der Waals surface area contributed by atoms with Crippen LogP contribution in [0.25, 0.3) is 0 Å². The Morgan fingerprint density at radius 3 is 2.15 bits per heavy atom. The molecule has 0 heteroatoms. The van der Waals surface area contributed by atoms with E-state index in [2.05, 4.69) is 31.2 Å². The van der Waals surface area contributed by atoms with Gasteiger partial charge in [0.25, 0.3) is 0 Å².